The standard InChI is InChI=1S/C29H34ClN7O5S2/c1-35(22-8-3-2-4-9-22)43(39,40)23-11-13-24(14-12-23)44(41,42)36-17-15-20(16-18-36)27-31-28-26(29(38)32-27)33-34-37(28)19-21-7-5-6-10-25(21)30/h5-7,10-14,20,22H,2-4,8-9,15-19H2,1H3,(H,31,32,38). The fourth-order valence-corrected chi connectivity index (χ4v) is 9.16. The molecule has 0 bridgehead atoms. The van der Waals surface area contributed by atoms with Crippen LogP contribution in [0.15, 0.2) is 63.1 Å². The maximum Gasteiger partial charge on any atom is 0.281 e. The van der Waals surface area contributed by atoms with Crippen LogP contribution in [0.1, 0.15) is 62.3 Å². The van der Waals surface area contributed by atoms with Crippen LogP contribution in [0.25, 0.3) is 11.2 Å². The van der Waals surface area contributed by atoms with Gasteiger partial charge >= 0.3 is 0 Å². The van der Waals surface area contributed by atoms with Crippen molar-refractivity contribution in [2.75, 3.05) is 20.1 Å². The van der Waals surface area contributed by atoms with Gasteiger partial charge in [-0.25, -0.2) is 26.5 Å². The molecule has 2 aromatic carbocycles. The van der Waals surface area contributed by atoms with Crippen molar-refractivity contribution in [1.82, 2.24) is 33.6 Å². The summed E-state index contributed by atoms with van der Waals surface area (Å²) in [7, 11) is -5.98. The molecule has 1 saturated carbocycles. The highest BCUT2D eigenvalue weighted by atomic mass is 35.5. The van der Waals surface area contributed by atoms with Gasteiger partial charge in [0.2, 0.25) is 20.0 Å². The summed E-state index contributed by atoms with van der Waals surface area (Å²) in [6.45, 7) is 0.729. The summed E-state index contributed by atoms with van der Waals surface area (Å²) in [6.07, 6.45) is 5.68. The van der Waals surface area contributed by atoms with E-state index in [1.807, 2.05) is 18.2 Å². The molecule has 1 aliphatic carbocycles. The Morgan fingerprint density at radius 1 is 0.932 bits per heavy atom. The number of aromatic amines is 1. The van der Waals surface area contributed by atoms with Gasteiger partial charge in [0.15, 0.2) is 11.2 Å². The Morgan fingerprint density at radius 3 is 2.27 bits per heavy atom. The van der Waals surface area contributed by atoms with Crippen LogP contribution in [-0.4, -0.2) is 76.6 Å². The summed E-state index contributed by atoms with van der Waals surface area (Å²) in [5, 5.41) is 8.67. The van der Waals surface area contributed by atoms with E-state index in [0.717, 1.165) is 37.7 Å². The van der Waals surface area contributed by atoms with E-state index in [4.69, 9.17) is 11.6 Å². The SMILES string of the molecule is CN(C1CCCCC1)S(=O)(=O)c1ccc(S(=O)(=O)N2CCC(c3nc4c(nnn4Cc4ccccc4Cl)c(=O)[nH]3)CC2)cc1. The van der Waals surface area contributed by atoms with E-state index in [-0.39, 0.29) is 40.4 Å². The van der Waals surface area contributed by atoms with Crippen molar-refractivity contribution in [3.8, 4) is 0 Å². The van der Waals surface area contributed by atoms with Gasteiger partial charge in [-0.1, -0.05) is 54.3 Å². The number of hydrogen-bond acceptors (Lipinski definition) is 8. The highest BCUT2D eigenvalue weighted by Gasteiger charge is 2.33. The van der Waals surface area contributed by atoms with Crippen molar-refractivity contribution in [3.63, 3.8) is 0 Å². The second-order valence-corrected chi connectivity index (χ2v) is 15.8. The number of sulfonamides is 2. The summed E-state index contributed by atoms with van der Waals surface area (Å²) < 4.78 is 57.7. The molecular formula is C29H34ClN7O5S2. The van der Waals surface area contributed by atoms with E-state index >= 15 is 0 Å². The van der Waals surface area contributed by atoms with Gasteiger partial charge in [0.1, 0.15) is 5.82 Å². The first-order chi connectivity index (χ1) is 21.1. The Labute approximate surface area is 261 Å². The Bertz CT molecular complexity index is 1930. The van der Waals surface area contributed by atoms with Gasteiger partial charge in [-0.3, -0.25) is 4.79 Å². The normalized spacial score (nSPS) is 17.9. The first-order valence-corrected chi connectivity index (χ1v) is 18.0. The molecule has 2 aliphatic rings. The molecule has 0 spiro atoms. The molecule has 15 heteroatoms. The Balaban J connectivity index is 1.15. The van der Waals surface area contributed by atoms with E-state index in [1.54, 1.807) is 13.1 Å². The van der Waals surface area contributed by atoms with Gasteiger partial charge in [-0.2, -0.15) is 8.61 Å². The van der Waals surface area contributed by atoms with Crippen molar-refractivity contribution < 1.29 is 16.8 Å². The van der Waals surface area contributed by atoms with Crippen molar-refractivity contribution in [2.24, 2.45) is 0 Å². The van der Waals surface area contributed by atoms with Crippen molar-refractivity contribution in [1.29, 1.82) is 0 Å². The molecule has 0 radical (unpaired) electrons. The number of fused-ring (bicyclic) bond motifs is 1. The third-order valence-corrected chi connectivity index (χ3v) is 12.9. The second kappa shape index (κ2) is 12.3. The molecule has 2 fully saturated rings. The lowest BCUT2D eigenvalue weighted by Gasteiger charge is -2.31. The summed E-state index contributed by atoms with van der Waals surface area (Å²) in [5.74, 6) is 0.281. The number of H-pyrrole nitrogens is 1. The number of halogens is 1. The topological polar surface area (TPSA) is 151 Å². The summed E-state index contributed by atoms with van der Waals surface area (Å²) >= 11 is 6.31. The quantitative estimate of drug-likeness (QED) is 0.300. The Hall–Kier alpha value is -3.17. The zero-order valence-electron chi connectivity index (χ0n) is 24.3. The molecule has 12 nitrogen and oxygen atoms in total. The molecule has 6 rings (SSSR count). The molecule has 1 N–H and O–H groups in total. The third-order valence-electron chi connectivity index (χ3n) is 8.74. The van der Waals surface area contributed by atoms with E-state index in [9.17, 15) is 21.6 Å². The van der Waals surface area contributed by atoms with Crippen LogP contribution >= 0.6 is 11.6 Å². The lowest BCUT2D eigenvalue weighted by Crippen LogP contribution is -2.39. The Morgan fingerprint density at radius 2 is 1.59 bits per heavy atom. The van der Waals surface area contributed by atoms with E-state index in [2.05, 4.69) is 20.3 Å². The van der Waals surface area contributed by atoms with Crippen LogP contribution < -0.4 is 5.56 Å². The third kappa shape index (κ3) is 5.93. The smallest absolute Gasteiger partial charge is 0.281 e. The molecule has 0 amide bonds. The minimum Gasteiger partial charge on any atom is -0.308 e. The molecular weight excluding hydrogens is 626 g/mol. The zero-order valence-corrected chi connectivity index (χ0v) is 26.7. The molecule has 0 unspecified atom stereocenters. The first kappa shape index (κ1) is 30.8. The lowest BCUT2D eigenvalue weighted by molar-refractivity contribution is 0.286. The molecule has 2 aromatic heterocycles. The van der Waals surface area contributed by atoms with E-state index in [1.165, 1.54) is 37.6 Å². The summed E-state index contributed by atoms with van der Waals surface area (Å²) in [6, 6.07) is 12.8. The molecule has 0 atom stereocenters. The highest BCUT2D eigenvalue weighted by molar-refractivity contribution is 7.89. The molecule has 4 aromatic rings. The lowest BCUT2D eigenvalue weighted by atomic mass is 9.96. The highest BCUT2D eigenvalue weighted by Crippen LogP contribution is 2.31. The Kier molecular flexibility index (Phi) is 8.63. The summed E-state index contributed by atoms with van der Waals surface area (Å²) in [5.41, 5.74) is 0.860. The van der Waals surface area contributed by atoms with Crippen LogP contribution in [0.4, 0.5) is 0 Å². The maximum atomic E-state index is 13.5. The molecule has 1 aliphatic heterocycles. The number of aromatic nitrogens is 5. The first-order valence-electron chi connectivity index (χ1n) is 14.7. The predicted octanol–water partition coefficient (Wildman–Crippen LogP) is 3.74. The molecule has 234 valence electrons. The van der Waals surface area contributed by atoms with Crippen LogP contribution in [-0.2, 0) is 26.6 Å². The minimum atomic E-state index is -3.85. The van der Waals surface area contributed by atoms with Gasteiger partial charge in [0, 0.05) is 37.1 Å². The van der Waals surface area contributed by atoms with Crippen LogP contribution in [0.5, 0.6) is 0 Å². The number of benzene rings is 2. The van der Waals surface area contributed by atoms with Crippen LogP contribution in [0, 0.1) is 0 Å². The number of piperidine rings is 1. The van der Waals surface area contributed by atoms with Crippen LogP contribution in [0.3, 0.4) is 0 Å². The van der Waals surface area contributed by atoms with Gasteiger partial charge in [0.05, 0.1) is 16.3 Å². The van der Waals surface area contributed by atoms with Crippen molar-refractivity contribution >= 4 is 42.8 Å². The zero-order chi connectivity index (χ0) is 31.1. The predicted molar refractivity (Wildman–Crippen MR) is 165 cm³/mol. The monoisotopic (exact) mass is 659 g/mol. The fraction of sp³-hybridized carbons (Fsp3) is 0.448. The molecule has 44 heavy (non-hydrogen) atoms. The van der Waals surface area contributed by atoms with Crippen molar-refractivity contribution in [3.05, 3.63) is 75.3 Å². The average molecular weight is 660 g/mol. The van der Waals surface area contributed by atoms with E-state index < -0.39 is 25.6 Å². The number of hydrogen-bond donors (Lipinski definition) is 1. The second-order valence-electron chi connectivity index (χ2n) is 11.4. The fourth-order valence-electron chi connectivity index (χ4n) is 6.08. The largest absolute Gasteiger partial charge is 0.308 e. The van der Waals surface area contributed by atoms with Gasteiger partial charge < -0.3 is 4.98 Å². The summed E-state index contributed by atoms with van der Waals surface area (Å²) in [4.78, 5) is 20.4. The average Bonchev–Trinajstić information content (AvgIpc) is 3.45. The number of rotatable bonds is 8. The van der Waals surface area contributed by atoms with Gasteiger partial charge in [0.25, 0.3) is 5.56 Å². The molecule has 1 saturated heterocycles. The van der Waals surface area contributed by atoms with Gasteiger partial charge in [-0.05, 0) is 61.6 Å². The van der Waals surface area contributed by atoms with E-state index in [0.29, 0.717) is 35.9 Å². The number of nitrogens with one attached hydrogen (secondary N) is 1. The van der Waals surface area contributed by atoms with Crippen molar-refractivity contribution in [2.45, 2.75) is 73.2 Å². The molecule has 3 heterocycles. The number of nitrogens with zero attached hydrogens (tertiary/aromatic N) is 6. The maximum absolute atomic E-state index is 13.5. The van der Waals surface area contributed by atoms with Crippen LogP contribution in [0.2, 0.25) is 5.02 Å². The van der Waals surface area contributed by atoms with Gasteiger partial charge in [-0.15, -0.1) is 5.10 Å². The minimum absolute atomic E-state index is 0.0391.